The molecule has 0 saturated carbocycles. The molecule has 0 radical (unpaired) electrons. The van der Waals surface area contributed by atoms with Gasteiger partial charge in [0, 0.05) is 16.8 Å². The fourth-order valence-electron chi connectivity index (χ4n) is 3.80. The summed E-state index contributed by atoms with van der Waals surface area (Å²) in [5, 5.41) is 3.11. The summed E-state index contributed by atoms with van der Waals surface area (Å²) in [4.78, 5) is 33.5. The molecule has 34 heavy (non-hydrogen) atoms. The molecule has 180 valence electrons. The van der Waals surface area contributed by atoms with Gasteiger partial charge in [-0.2, -0.15) is 0 Å². The minimum absolute atomic E-state index is 0.211. The van der Waals surface area contributed by atoms with E-state index >= 15 is 0 Å². The maximum Gasteiger partial charge on any atom is 0.410 e. The summed E-state index contributed by atoms with van der Waals surface area (Å²) in [6.45, 7) is 7.05. The lowest BCUT2D eigenvalue weighted by Crippen LogP contribution is -2.44. The molecule has 4 rings (SSSR count). The first-order valence-electron chi connectivity index (χ1n) is 11.1. The van der Waals surface area contributed by atoms with Crippen molar-refractivity contribution in [2.24, 2.45) is 5.92 Å². The molecular formula is C25H28N2O5S2. The van der Waals surface area contributed by atoms with Gasteiger partial charge in [-0.15, -0.1) is 22.7 Å². The fraction of sp³-hybridized carbons (Fsp3) is 0.400. The smallest absolute Gasteiger partial charge is 0.410 e. The number of rotatable bonds is 7. The number of aryl methyl sites for hydroxylation is 1. The summed E-state index contributed by atoms with van der Waals surface area (Å²) in [5.74, 6) is 0.444. The van der Waals surface area contributed by atoms with Crippen LogP contribution in [-0.4, -0.2) is 42.2 Å². The lowest BCUT2D eigenvalue weighted by molar-refractivity contribution is -0.147. The molecule has 1 aliphatic rings. The van der Waals surface area contributed by atoms with Gasteiger partial charge >= 0.3 is 12.1 Å². The van der Waals surface area contributed by atoms with Gasteiger partial charge in [-0.25, -0.2) is 14.6 Å². The van der Waals surface area contributed by atoms with Crippen molar-refractivity contribution in [2.75, 3.05) is 20.3 Å². The van der Waals surface area contributed by atoms with Crippen molar-refractivity contribution in [1.29, 1.82) is 0 Å². The van der Waals surface area contributed by atoms with Crippen molar-refractivity contribution in [3.05, 3.63) is 56.7 Å². The highest BCUT2D eigenvalue weighted by Gasteiger charge is 2.38. The molecule has 3 aromatic rings. The van der Waals surface area contributed by atoms with E-state index in [0.29, 0.717) is 26.2 Å². The predicted octanol–water partition coefficient (Wildman–Crippen LogP) is 5.62. The Kier molecular flexibility index (Phi) is 7.53. The maximum absolute atomic E-state index is 12.6. The number of thiazole rings is 1. The Labute approximate surface area is 207 Å². The van der Waals surface area contributed by atoms with E-state index in [1.165, 1.54) is 12.0 Å². The summed E-state index contributed by atoms with van der Waals surface area (Å²) in [6, 6.07) is 8.91. The van der Waals surface area contributed by atoms with E-state index in [0.717, 1.165) is 37.3 Å². The molecule has 0 aliphatic carbocycles. The predicted molar refractivity (Wildman–Crippen MR) is 132 cm³/mol. The van der Waals surface area contributed by atoms with Crippen LogP contribution >= 0.6 is 22.7 Å². The monoisotopic (exact) mass is 500 g/mol. The molecule has 0 N–H and O–H groups in total. The Morgan fingerprint density at radius 2 is 2.06 bits per heavy atom. The lowest BCUT2D eigenvalue weighted by Gasteiger charge is -2.35. The first kappa shape index (κ1) is 24.2. The molecule has 1 amide bonds. The van der Waals surface area contributed by atoms with Crippen LogP contribution in [0.3, 0.4) is 0 Å². The SMILES string of the molecule is COC(=O)C1c2ccc(OCc3ccc(-c4csc(C)n4)s3)cc2CCN1C(=O)OCC(C)C. The van der Waals surface area contributed by atoms with Gasteiger partial charge in [0.15, 0.2) is 6.04 Å². The number of benzene rings is 1. The molecule has 1 atom stereocenters. The number of thiophene rings is 1. The highest BCUT2D eigenvalue weighted by Crippen LogP contribution is 2.34. The summed E-state index contributed by atoms with van der Waals surface area (Å²) in [7, 11) is 1.33. The lowest BCUT2D eigenvalue weighted by atomic mass is 9.92. The number of hydrogen-bond acceptors (Lipinski definition) is 8. The molecule has 0 bridgehead atoms. The van der Waals surface area contributed by atoms with Crippen molar-refractivity contribution >= 4 is 34.7 Å². The van der Waals surface area contributed by atoms with E-state index < -0.39 is 18.1 Å². The number of methoxy groups -OCH3 is 1. The molecule has 1 unspecified atom stereocenters. The highest BCUT2D eigenvalue weighted by molar-refractivity contribution is 7.16. The number of aromatic nitrogens is 1. The molecule has 1 aliphatic heterocycles. The molecule has 1 aromatic carbocycles. The molecule has 7 nitrogen and oxygen atoms in total. The van der Waals surface area contributed by atoms with Crippen molar-refractivity contribution in [2.45, 2.75) is 39.8 Å². The van der Waals surface area contributed by atoms with Crippen molar-refractivity contribution in [3.8, 4) is 16.3 Å². The van der Waals surface area contributed by atoms with Gasteiger partial charge in [-0.05, 0) is 54.7 Å². The average Bonchev–Trinajstić information content (AvgIpc) is 3.48. The van der Waals surface area contributed by atoms with E-state index in [1.54, 1.807) is 22.7 Å². The zero-order valence-corrected chi connectivity index (χ0v) is 21.3. The Hall–Kier alpha value is -2.91. The van der Waals surface area contributed by atoms with Crippen LogP contribution in [0.1, 0.15) is 40.9 Å². The van der Waals surface area contributed by atoms with Crippen molar-refractivity contribution in [1.82, 2.24) is 9.88 Å². The topological polar surface area (TPSA) is 78.0 Å². The Bertz CT molecular complexity index is 1170. The van der Waals surface area contributed by atoms with Crippen LogP contribution in [-0.2, 0) is 27.3 Å². The van der Waals surface area contributed by atoms with E-state index in [4.69, 9.17) is 14.2 Å². The van der Waals surface area contributed by atoms with Gasteiger partial charge in [0.05, 0.1) is 29.3 Å². The average molecular weight is 501 g/mol. The molecule has 3 heterocycles. The molecular weight excluding hydrogens is 472 g/mol. The Balaban J connectivity index is 1.46. The third-order valence-corrected chi connectivity index (χ3v) is 7.31. The van der Waals surface area contributed by atoms with Crippen LogP contribution in [0.5, 0.6) is 5.75 Å². The standard InChI is InChI=1S/C25H28N2O5S2/c1-15(2)12-32-25(29)27-10-9-17-11-18(5-7-20(17)23(27)24(28)30-4)31-13-19-6-8-22(34-19)21-14-33-16(3)26-21/h5-8,11,14-15,23H,9-10,12-13H2,1-4H3. The number of esters is 1. The van der Waals surface area contributed by atoms with Gasteiger partial charge in [-0.3, -0.25) is 4.90 Å². The van der Waals surface area contributed by atoms with Gasteiger partial charge in [0.25, 0.3) is 0 Å². The van der Waals surface area contributed by atoms with Crippen molar-refractivity contribution in [3.63, 3.8) is 0 Å². The fourth-order valence-corrected chi connectivity index (χ4v) is 5.37. The minimum atomic E-state index is -0.830. The number of ether oxygens (including phenoxy) is 3. The number of carbonyl (C=O) groups excluding carboxylic acids is 2. The highest BCUT2D eigenvalue weighted by atomic mass is 32.1. The quantitative estimate of drug-likeness (QED) is 0.392. The number of amides is 1. The van der Waals surface area contributed by atoms with Crippen LogP contribution < -0.4 is 4.74 Å². The number of fused-ring (bicyclic) bond motifs is 1. The maximum atomic E-state index is 12.6. The first-order chi connectivity index (χ1) is 16.4. The first-order valence-corrected chi connectivity index (χ1v) is 12.8. The van der Waals surface area contributed by atoms with Crippen LogP contribution in [0, 0.1) is 12.8 Å². The largest absolute Gasteiger partial charge is 0.488 e. The molecule has 9 heteroatoms. The van der Waals surface area contributed by atoms with Gasteiger partial charge in [-0.1, -0.05) is 19.9 Å². The van der Waals surface area contributed by atoms with Crippen LogP contribution in [0.25, 0.3) is 10.6 Å². The second-order valence-electron chi connectivity index (χ2n) is 8.51. The van der Waals surface area contributed by atoms with Crippen LogP contribution in [0.15, 0.2) is 35.7 Å². The summed E-state index contributed by atoms with van der Waals surface area (Å²) >= 11 is 3.30. The molecule has 0 spiro atoms. The number of nitrogens with zero attached hydrogens (tertiary/aromatic N) is 2. The minimum Gasteiger partial charge on any atom is -0.488 e. The van der Waals surface area contributed by atoms with E-state index in [9.17, 15) is 9.59 Å². The zero-order chi connectivity index (χ0) is 24.2. The van der Waals surface area contributed by atoms with E-state index in [1.807, 2.05) is 39.0 Å². The van der Waals surface area contributed by atoms with Gasteiger partial charge in [0.1, 0.15) is 12.4 Å². The summed E-state index contributed by atoms with van der Waals surface area (Å²) in [6.07, 6.45) is 0.0993. The summed E-state index contributed by atoms with van der Waals surface area (Å²) < 4.78 is 16.4. The normalized spacial score (nSPS) is 15.2. The van der Waals surface area contributed by atoms with Gasteiger partial charge < -0.3 is 14.2 Å². The Morgan fingerprint density at radius 3 is 2.76 bits per heavy atom. The second kappa shape index (κ2) is 10.6. The van der Waals surface area contributed by atoms with E-state index in [2.05, 4.69) is 22.5 Å². The van der Waals surface area contributed by atoms with Crippen LogP contribution in [0.2, 0.25) is 0 Å². The Morgan fingerprint density at radius 1 is 1.24 bits per heavy atom. The molecule has 0 fully saturated rings. The van der Waals surface area contributed by atoms with Gasteiger partial charge in [0.2, 0.25) is 0 Å². The summed E-state index contributed by atoms with van der Waals surface area (Å²) in [5.41, 5.74) is 2.70. The number of hydrogen-bond donors (Lipinski definition) is 0. The zero-order valence-electron chi connectivity index (χ0n) is 19.7. The van der Waals surface area contributed by atoms with E-state index in [-0.39, 0.29) is 5.92 Å². The van der Waals surface area contributed by atoms with Crippen LogP contribution in [0.4, 0.5) is 4.79 Å². The second-order valence-corrected chi connectivity index (χ2v) is 10.7. The molecule has 2 aromatic heterocycles. The number of carbonyl (C=O) groups is 2. The molecule has 0 saturated heterocycles. The third kappa shape index (κ3) is 5.42. The third-order valence-electron chi connectivity index (χ3n) is 5.46. The van der Waals surface area contributed by atoms with Crippen molar-refractivity contribution < 1.29 is 23.8 Å².